The van der Waals surface area contributed by atoms with Gasteiger partial charge in [-0.05, 0) is 19.4 Å². The third-order valence-corrected chi connectivity index (χ3v) is 4.87. The minimum atomic E-state index is -0.430. The van der Waals surface area contributed by atoms with Gasteiger partial charge in [-0.25, -0.2) is 14.8 Å². The molecule has 0 aliphatic rings. The number of ether oxygens (including phenoxy) is 2. The molecule has 0 bridgehead atoms. The van der Waals surface area contributed by atoms with Gasteiger partial charge in [0.05, 0.1) is 24.2 Å². The van der Waals surface area contributed by atoms with E-state index in [-0.39, 0.29) is 19.1 Å². The number of hydrogen-bond acceptors (Lipinski definition) is 8. The van der Waals surface area contributed by atoms with Gasteiger partial charge < -0.3 is 14.4 Å². The van der Waals surface area contributed by atoms with E-state index in [1.807, 2.05) is 30.3 Å². The van der Waals surface area contributed by atoms with E-state index in [9.17, 15) is 9.59 Å². The first-order valence-corrected chi connectivity index (χ1v) is 9.85. The van der Waals surface area contributed by atoms with Gasteiger partial charge in [-0.3, -0.25) is 4.79 Å². The number of benzene rings is 1. The molecule has 0 saturated heterocycles. The average Bonchev–Trinajstić information content (AvgIpc) is 3.13. The van der Waals surface area contributed by atoms with Gasteiger partial charge >= 0.3 is 11.9 Å². The molecule has 3 rings (SSSR count). The second kappa shape index (κ2) is 9.27. The Kier molecular flexibility index (Phi) is 6.54. The van der Waals surface area contributed by atoms with Crippen LogP contribution in [-0.2, 0) is 20.8 Å². The van der Waals surface area contributed by atoms with Gasteiger partial charge in [0.1, 0.15) is 23.5 Å². The maximum Gasteiger partial charge on any atom is 0.339 e. The molecule has 0 unspecified atom stereocenters. The van der Waals surface area contributed by atoms with Gasteiger partial charge in [-0.2, -0.15) is 0 Å². The summed E-state index contributed by atoms with van der Waals surface area (Å²) in [6.07, 6.45) is 1.44. The molecular formula is C20H21N3O4S. The second-order valence-electron chi connectivity index (χ2n) is 5.89. The number of aromatic nitrogens is 2. The van der Waals surface area contributed by atoms with Crippen LogP contribution in [0.5, 0.6) is 0 Å². The molecule has 0 aliphatic carbocycles. The summed E-state index contributed by atoms with van der Waals surface area (Å²) in [6.45, 7) is 4.53. The summed E-state index contributed by atoms with van der Waals surface area (Å²) in [5.74, 6) is -0.287. The van der Waals surface area contributed by atoms with E-state index in [0.29, 0.717) is 34.7 Å². The lowest BCUT2D eigenvalue weighted by atomic mass is 10.2. The fraction of sp³-hybridized carbons (Fsp3) is 0.300. The number of carbonyl (C=O) groups excluding carboxylic acids is 2. The summed E-state index contributed by atoms with van der Waals surface area (Å²) in [7, 11) is 0. The lowest BCUT2D eigenvalue weighted by Crippen LogP contribution is -2.31. The fourth-order valence-corrected chi connectivity index (χ4v) is 3.70. The predicted octanol–water partition coefficient (Wildman–Crippen LogP) is 3.44. The highest BCUT2D eigenvalue weighted by molar-refractivity contribution is 7.17. The fourth-order valence-electron chi connectivity index (χ4n) is 2.83. The highest BCUT2D eigenvalue weighted by Crippen LogP contribution is 2.32. The summed E-state index contributed by atoms with van der Waals surface area (Å²) in [5, 5.41) is 2.30. The van der Waals surface area contributed by atoms with E-state index in [1.54, 1.807) is 24.1 Å². The molecule has 0 spiro atoms. The Labute approximate surface area is 166 Å². The third kappa shape index (κ3) is 4.45. The van der Waals surface area contributed by atoms with Gasteiger partial charge in [0, 0.05) is 11.9 Å². The predicted molar refractivity (Wildman–Crippen MR) is 107 cm³/mol. The quantitative estimate of drug-likeness (QED) is 0.537. The van der Waals surface area contributed by atoms with Crippen molar-refractivity contribution in [2.24, 2.45) is 0 Å². The molecule has 0 saturated carbocycles. The minimum Gasteiger partial charge on any atom is -0.465 e. The van der Waals surface area contributed by atoms with Gasteiger partial charge in [-0.1, -0.05) is 30.3 Å². The molecule has 28 heavy (non-hydrogen) atoms. The maximum absolute atomic E-state index is 12.4. The number of esters is 2. The van der Waals surface area contributed by atoms with E-state index in [2.05, 4.69) is 9.97 Å². The Morgan fingerprint density at radius 3 is 2.54 bits per heavy atom. The number of nitrogens with zero attached hydrogens (tertiary/aromatic N) is 3. The molecule has 0 radical (unpaired) electrons. The highest BCUT2D eigenvalue weighted by atomic mass is 32.1. The largest absolute Gasteiger partial charge is 0.465 e. The molecule has 1 aromatic carbocycles. The van der Waals surface area contributed by atoms with E-state index in [1.165, 1.54) is 17.7 Å². The number of fused-ring (bicyclic) bond motifs is 1. The smallest absolute Gasteiger partial charge is 0.339 e. The molecule has 0 aliphatic heterocycles. The van der Waals surface area contributed by atoms with Crippen molar-refractivity contribution in [3.05, 3.63) is 53.2 Å². The summed E-state index contributed by atoms with van der Waals surface area (Å²) in [4.78, 5) is 35.7. The number of anilines is 1. The second-order valence-corrected chi connectivity index (χ2v) is 6.75. The zero-order valence-electron chi connectivity index (χ0n) is 15.8. The van der Waals surface area contributed by atoms with E-state index < -0.39 is 5.97 Å². The van der Waals surface area contributed by atoms with Gasteiger partial charge in [0.25, 0.3) is 0 Å². The first kappa shape index (κ1) is 19.8. The molecule has 8 heteroatoms. The lowest BCUT2D eigenvalue weighted by molar-refractivity contribution is -0.141. The van der Waals surface area contributed by atoms with E-state index in [0.717, 1.165) is 5.56 Å². The summed E-state index contributed by atoms with van der Waals surface area (Å²) >= 11 is 1.34. The zero-order chi connectivity index (χ0) is 19.9. The monoisotopic (exact) mass is 399 g/mol. The van der Waals surface area contributed by atoms with E-state index >= 15 is 0 Å². The first-order chi connectivity index (χ1) is 13.6. The van der Waals surface area contributed by atoms with Gasteiger partial charge in [-0.15, -0.1) is 11.3 Å². The molecule has 0 amide bonds. The van der Waals surface area contributed by atoms with Crippen molar-refractivity contribution in [3.8, 4) is 0 Å². The Balaban J connectivity index is 2.05. The van der Waals surface area contributed by atoms with Crippen molar-refractivity contribution in [2.75, 3.05) is 24.7 Å². The molecule has 146 valence electrons. The molecule has 7 nitrogen and oxygen atoms in total. The van der Waals surface area contributed by atoms with Crippen LogP contribution in [0.1, 0.15) is 29.8 Å². The Morgan fingerprint density at radius 2 is 1.82 bits per heavy atom. The Morgan fingerprint density at radius 1 is 1.07 bits per heavy atom. The number of carbonyl (C=O) groups is 2. The van der Waals surface area contributed by atoms with Crippen molar-refractivity contribution in [2.45, 2.75) is 20.4 Å². The molecule has 3 aromatic rings. The molecule has 0 fully saturated rings. The maximum atomic E-state index is 12.4. The topological polar surface area (TPSA) is 81.6 Å². The first-order valence-electron chi connectivity index (χ1n) is 8.97. The third-order valence-electron chi connectivity index (χ3n) is 3.99. The van der Waals surface area contributed by atoms with Crippen LogP contribution >= 0.6 is 11.3 Å². The van der Waals surface area contributed by atoms with Gasteiger partial charge in [0.2, 0.25) is 0 Å². The van der Waals surface area contributed by atoms with Crippen LogP contribution in [0.4, 0.5) is 5.82 Å². The normalized spacial score (nSPS) is 10.6. The number of hydrogen-bond donors (Lipinski definition) is 0. The molecule has 0 atom stereocenters. The Hall–Kier alpha value is -3.00. The standard InChI is InChI=1S/C20H21N3O4S/c1-3-26-16(24)11-23(10-14-8-6-5-7-9-14)18-17-15(20(25)27-4-2)12-28-19(17)22-13-21-18/h5-9,12-13H,3-4,10-11H2,1-2H3. The van der Waals surface area contributed by atoms with Crippen LogP contribution < -0.4 is 4.90 Å². The number of rotatable bonds is 8. The summed E-state index contributed by atoms with van der Waals surface area (Å²) in [5.41, 5.74) is 1.41. The zero-order valence-corrected chi connectivity index (χ0v) is 16.6. The summed E-state index contributed by atoms with van der Waals surface area (Å²) in [6, 6.07) is 9.73. The van der Waals surface area contributed by atoms with Crippen LogP contribution in [0.25, 0.3) is 10.2 Å². The van der Waals surface area contributed by atoms with Crippen LogP contribution in [-0.4, -0.2) is 41.7 Å². The van der Waals surface area contributed by atoms with E-state index in [4.69, 9.17) is 9.47 Å². The molecular weight excluding hydrogens is 378 g/mol. The van der Waals surface area contributed by atoms with Crippen molar-refractivity contribution in [3.63, 3.8) is 0 Å². The van der Waals surface area contributed by atoms with Gasteiger partial charge in [0.15, 0.2) is 0 Å². The van der Waals surface area contributed by atoms with Crippen molar-refractivity contribution in [1.29, 1.82) is 0 Å². The van der Waals surface area contributed by atoms with Crippen LogP contribution in [0.3, 0.4) is 0 Å². The van der Waals surface area contributed by atoms with Crippen LogP contribution in [0.15, 0.2) is 42.0 Å². The van der Waals surface area contributed by atoms with Crippen molar-refractivity contribution >= 4 is 39.3 Å². The van der Waals surface area contributed by atoms with Crippen molar-refractivity contribution < 1.29 is 19.1 Å². The number of thiophene rings is 1. The average molecular weight is 399 g/mol. The lowest BCUT2D eigenvalue weighted by Gasteiger charge is -2.23. The summed E-state index contributed by atoms with van der Waals surface area (Å²) < 4.78 is 10.3. The van der Waals surface area contributed by atoms with Crippen LogP contribution in [0, 0.1) is 0 Å². The molecule has 2 aromatic heterocycles. The molecule has 0 N–H and O–H groups in total. The van der Waals surface area contributed by atoms with Crippen LogP contribution in [0.2, 0.25) is 0 Å². The van der Waals surface area contributed by atoms with Crippen molar-refractivity contribution in [1.82, 2.24) is 9.97 Å². The Bertz CT molecular complexity index is 958. The molecule has 2 heterocycles. The SMILES string of the molecule is CCOC(=O)CN(Cc1ccccc1)c1ncnc2scc(C(=O)OCC)c12. The minimum absolute atomic E-state index is 0.00690. The highest BCUT2D eigenvalue weighted by Gasteiger charge is 2.23.